The van der Waals surface area contributed by atoms with Crippen molar-refractivity contribution in [3.05, 3.63) is 87.9 Å². The van der Waals surface area contributed by atoms with Gasteiger partial charge in [-0.15, -0.1) is 0 Å². The van der Waals surface area contributed by atoms with Gasteiger partial charge in [-0.05, 0) is 53.0 Å². The zero-order valence-corrected chi connectivity index (χ0v) is 17.9. The van der Waals surface area contributed by atoms with Gasteiger partial charge in [0.2, 0.25) is 0 Å². The van der Waals surface area contributed by atoms with Crippen LogP contribution in [0.2, 0.25) is 0 Å². The van der Waals surface area contributed by atoms with E-state index in [1.54, 1.807) is 18.6 Å². The van der Waals surface area contributed by atoms with Crippen LogP contribution in [0.25, 0.3) is 16.6 Å². The Kier molecular flexibility index (Phi) is 5.45. The molecule has 1 N–H and O–H groups in total. The molecule has 0 aliphatic carbocycles. The number of nitrogens with one attached hydrogen (secondary N) is 1. The molecule has 5 nitrogen and oxygen atoms in total. The average Bonchev–Trinajstić information content (AvgIpc) is 3.15. The highest BCUT2D eigenvalue weighted by Gasteiger charge is 2.19. The van der Waals surface area contributed by atoms with Crippen molar-refractivity contribution >= 4 is 27.4 Å². The molecule has 0 fully saturated rings. The second kappa shape index (κ2) is 8.17. The van der Waals surface area contributed by atoms with Crippen molar-refractivity contribution in [2.45, 2.75) is 26.8 Å². The fourth-order valence-corrected chi connectivity index (χ4v) is 3.75. The number of rotatable bonds is 5. The fraction of sp³-hybridized carbons (Fsp3) is 0.174. The number of amides is 1. The van der Waals surface area contributed by atoms with E-state index in [1.807, 2.05) is 53.9 Å². The van der Waals surface area contributed by atoms with Crippen LogP contribution in [0.1, 0.15) is 34.1 Å². The summed E-state index contributed by atoms with van der Waals surface area (Å²) < 4.78 is 2.76. The highest BCUT2D eigenvalue weighted by Crippen LogP contribution is 2.30. The SMILES string of the molecule is CCc1ccc2c(-c3cncc(Br)c3)c(C(=O)NCc3ccc(C)cc3)cnn12. The van der Waals surface area contributed by atoms with E-state index in [0.717, 1.165) is 38.8 Å². The molecule has 0 spiro atoms. The summed E-state index contributed by atoms with van der Waals surface area (Å²) in [6, 6.07) is 14.2. The minimum absolute atomic E-state index is 0.158. The van der Waals surface area contributed by atoms with E-state index in [4.69, 9.17) is 0 Å². The molecule has 4 rings (SSSR count). The molecule has 6 heteroatoms. The van der Waals surface area contributed by atoms with Gasteiger partial charge in [0.15, 0.2) is 0 Å². The van der Waals surface area contributed by atoms with Crippen molar-refractivity contribution in [2.24, 2.45) is 0 Å². The normalized spacial score (nSPS) is 11.0. The molecule has 0 saturated carbocycles. The van der Waals surface area contributed by atoms with Gasteiger partial charge in [0.1, 0.15) is 0 Å². The molecule has 0 aliphatic rings. The van der Waals surface area contributed by atoms with Crippen molar-refractivity contribution in [1.82, 2.24) is 19.9 Å². The summed E-state index contributed by atoms with van der Waals surface area (Å²) in [5.74, 6) is -0.158. The summed E-state index contributed by atoms with van der Waals surface area (Å²) in [6.45, 7) is 4.59. The molecule has 3 heterocycles. The summed E-state index contributed by atoms with van der Waals surface area (Å²) in [6.07, 6.45) is 6.01. The van der Waals surface area contributed by atoms with Crippen LogP contribution < -0.4 is 5.32 Å². The standard InChI is InChI=1S/C23H21BrN4O/c1-3-19-8-9-21-22(17-10-18(24)13-25-12-17)20(14-27-28(19)21)23(29)26-11-16-6-4-15(2)5-7-16/h4-10,12-14H,3,11H2,1-2H3,(H,26,29). The first kappa shape index (κ1) is 19.3. The van der Waals surface area contributed by atoms with Crippen molar-refractivity contribution in [2.75, 3.05) is 0 Å². The molecule has 146 valence electrons. The molecule has 1 aromatic carbocycles. The van der Waals surface area contributed by atoms with Crippen molar-refractivity contribution in [3.63, 3.8) is 0 Å². The van der Waals surface area contributed by atoms with Crippen LogP contribution in [0.5, 0.6) is 0 Å². The molecule has 4 aromatic rings. The minimum Gasteiger partial charge on any atom is -0.348 e. The number of hydrogen-bond acceptors (Lipinski definition) is 3. The van der Waals surface area contributed by atoms with Crippen LogP contribution >= 0.6 is 15.9 Å². The highest BCUT2D eigenvalue weighted by atomic mass is 79.9. The molecule has 0 unspecified atom stereocenters. The van der Waals surface area contributed by atoms with Crippen molar-refractivity contribution in [3.8, 4) is 11.1 Å². The second-order valence-corrected chi connectivity index (χ2v) is 7.88. The predicted molar refractivity (Wildman–Crippen MR) is 118 cm³/mol. The molecule has 0 aliphatic heterocycles. The number of aryl methyl sites for hydroxylation is 2. The second-order valence-electron chi connectivity index (χ2n) is 6.97. The quantitative estimate of drug-likeness (QED) is 0.469. The number of benzene rings is 1. The van der Waals surface area contributed by atoms with E-state index in [0.29, 0.717) is 12.1 Å². The lowest BCUT2D eigenvalue weighted by Gasteiger charge is -2.13. The van der Waals surface area contributed by atoms with Crippen molar-refractivity contribution in [1.29, 1.82) is 0 Å². The first-order chi connectivity index (χ1) is 14.1. The highest BCUT2D eigenvalue weighted by molar-refractivity contribution is 9.10. The number of carbonyl (C=O) groups is 1. The van der Waals surface area contributed by atoms with E-state index in [-0.39, 0.29) is 5.91 Å². The Morgan fingerprint density at radius 3 is 2.62 bits per heavy atom. The van der Waals surface area contributed by atoms with Crippen LogP contribution in [0.3, 0.4) is 0 Å². The van der Waals surface area contributed by atoms with Crippen LogP contribution in [-0.4, -0.2) is 20.5 Å². The first-order valence-electron chi connectivity index (χ1n) is 9.51. The van der Waals surface area contributed by atoms with E-state index in [9.17, 15) is 4.79 Å². The number of halogens is 1. The third kappa shape index (κ3) is 3.93. The van der Waals surface area contributed by atoms with Crippen LogP contribution in [0.15, 0.2) is 65.5 Å². The van der Waals surface area contributed by atoms with E-state index in [2.05, 4.69) is 38.3 Å². The molecule has 0 atom stereocenters. The van der Waals surface area contributed by atoms with Gasteiger partial charge >= 0.3 is 0 Å². The predicted octanol–water partition coefficient (Wildman–Crippen LogP) is 4.96. The maximum Gasteiger partial charge on any atom is 0.253 e. The van der Waals surface area contributed by atoms with Gasteiger partial charge in [0.05, 0.1) is 17.3 Å². The fourth-order valence-electron chi connectivity index (χ4n) is 3.39. The number of nitrogens with zero attached hydrogens (tertiary/aromatic N) is 3. The average molecular weight is 449 g/mol. The van der Waals surface area contributed by atoms with Gasteiger partial charge in [-0.2, -0.15) is 5.10 Å². The summed E-state index contributed by atoms with van der Waals surface area (Å²) in [5, 5.41) is 7.56. The maximum atomic E-state index is 13.1. The van der Waals surface area contributed by atoms with Crippen LogP contribution in [-0.2, 0) is 13.0 Å². The maximum absolute atomic E-state index is 13.1. The molecule has 0 saturated heterocycles. The Morgan fingerprint density at radius 1 is 1.10 bits per heavy atom. The zero-order valence-electron chi connectivity index (χ0n) is 16.3. The van der Waals surface area contributed by atoms with Gasteiger partial charge in [0, 0.05) is 40.2 Å². The molecule has 3 aromatic heterocycles. The third-order valence-electron chi connectivity index (χ3n) is 4.94. The topological polar surface area (TPSA) is 59.3 Å². The smallest absolute Gasteiger partial charge is 0.253 e. The van der Waals surface area contributed by atoms with Gasteiger partial charge in [0.25, 0.3) is 5.91 Å². The number of aromatic nitrogens is 3. The van der Waals surface area contributed by atoms with Crippen molar-refractivity contribution < 1.29 is 4.79 Å². The Bertz CT molecular complexity index is 1180. The Morgan fingerprint density at radius 2 is 1.90 bits per heavy atom. The summed E-state index contributed by atoms with van der Waals surface area (Å²) in [7, 11) is 0. The minimum atomic E-state index is -0.158. The largest absolute Gasteiger partial charge is 0.348 e. The third-order valence-corrected chi connectivity index (χ3v) is 5.37. The van der Waals surface area contributed by atoms with Gasteiger partial charge in [-0.25, -0.2) is 4.52 Å². The summed E-state index contributed by atoms with van der Waals surface area (Å²) >= 11 is 3.49. The lowest BCUT2D eigenvalue weighted by atomic mass is 10.0. The molecule has 0 bridgehead atoms. The number of pyridine rings is 1. The summed E-state index contributed by atoms with van der Waals surface area (Å²) in [4.78, 5) is 17.4. The lowest BCUT2D eigenvalue weighted by molar-refractivity contribution is 0.0951. The Hall–Kier alpha value is -2.99. The van der Waals surface area contributed by atoms with E-state index in [1.165, 1.54) is 5.56 Å². The number of carbonyl (C=O) groups excluding carboxylic acids is 1. The van der Waals surface area contributed by atoms with Crippen LogP contribution in [0, 0.1) is 6.92 Å². The van der Waals surface area contributed by atoms with E-state index >= 15 is 0 Å². The number of fused-ring (bicyclic) bond motifs is 1. The Labute approximate surface area is 177 Å². The molecular formula is C23H21BrN4O. The molecule has 0 radical (unpaired) electrons. The molecular weight excluding hydrogens is 428 g/mol. The molecule has 29 heavy (non-hydrogen) atoms. The summed E-state index contributed by atoms with van der Waals surface area (Å²) in [5.41, 5.74) is 6.47. The first-order valence-corrected chi connectivity index (χ1v) is 10.3. The number of hydrogen-bond donors (Lipinski definition) is 1. The Balaban J connectivity index is 1.75. The van der Waals surface area contributed by atoms with Crippen LogP contribution in [0.4, 0.5) is 0 Å². The van der Waals surface area contributed by atoms with Gasteiger partial charge in [-0.1, -0.05) is 36.8 Å². The monoisotopic (exact) mass is 448 g/mol. The lowest BCUT2D eigenvalue weighted by Crippen LogP contribution is -2.24. The van der Waals surface area contributed by atoms with Gasteiger partial charge < -0.3 is 5.32 Å². The van der Waals surface area contributed by atoms with Gasteiger partial charge in [-0.3, -0.25) is 9.78 Å². The van der Waals surface area contributed by atoms with E-state index < -0.39 is 0 Å². The zero-order chi connectivity index (χ0) is 20.4. The molecule has 1 amide bonds.